The first-order valence-corrected chi connectivity index (χ1v) is 10.7. The summed E-state index contributed by atoms with van der Waals surface area (Å²) in [5, 5.41) is 0. The highest BCUT2D eigenvalue weighted by molar-refractivity contribution is 5.80. The number of hydrogen-bond acceptors (Lipinski definition) is 2. The predicted octanol–water partition coefficient (Wildman–Crippen LogP) is 5.94. The van der Waals surface area contributed by atoms with Crippen molar-refractivity contribution in [1.82, 2.24) is 0 Å². The fraction of sp³-hybridized carbons (Fsp3) is 0.500. The van der Waals surface area contributed by atoms with E-state index < -0.39 is 0 Å². The summed E-state index contributed by atoms with van der Waals surface area (Å²) in [4.78, 5) is 13.4. The minimum Gasteiger partial charge on any atom is -0.461 e. The molecular formula is C26H30O2. The highest BCUT2D eigenvalue weighted by Gasteiger charge is 2.63. The zero-order valence-electron chi connectivity index (χ0n) is 17.1. The maximum Gasteiger partial charge on any atom is 0.310 e. The second-order valence-electron chi connectivity index (χ2n) is 10.1. The minimum atomic E-state index is -0.0664. The van der Waals surface area contributed by atoms with Crippen molar-refractivity contribution in [3.05, 3.63) is 71.8 Å². The van der Waals surface area contributed by atoms with Gasteiger partial charge < -0.3 is 4.74 Å². The predicted molar refractivity (Wildman–Crippen MR) is 111 cm³/mol. The third kappa shape index (κ3) is 2.64. The van der Waals surface area contributed by atoms with E-state index in [-0.39, 0.29) is 40.7 Å². The molecule has 3 fully saturated rings. The van der Waals surface area contributed by atoms with Gasteiger partial charge in [-0.15, -0.1) is 0 Å². The van der Waals surface area contributed by atoms with Gasteiger partial charge in [-0.1, -0.05) is 81.4 Å². The van der Waals surface area contributed by atoms with E-state index in [0.29, 0.717) is 5.92 Å². The molecule has 2 heteroatoms. The van der Waals surface area contributed by atoms with Gasteiger partial charge in [-0.2, -0.15) is 0 Å². The summed E-state index contributed by atoms with van der Waals surface area (Å²) in [7, 11) is 0. The van der Waals surface area contributed by atoms with E-state index in [4.69, 9.17) is 4.74 Å². The Morgan fingerprint density at radius 2 is 1.43 bits per heavy atom. The molecule has 2 bridgehead atoms. The first-order chi connectivity index (χ1) is 13.4. The summed E-state index contributed by atoms with van der Waals surface area (Å²) in [5.41, 5.74) is 2.74. The van der Waals surface area contributed by atoms with Gasteiger partial charge in [0.15, 0.2) is 0 Å². The van der Waals surface area contributed by atoms with Gasteiger partial charge in [0.25, 0.3) is 0 Å². The first kappa shape index (κ1) is 18.0. The van der Waals surface area contributed by atoms with Gasteiger partial charge in [0.1, 0.15) is 6.10 Å². The highest BCUT2D eigenvalue weighted by atomic mass is 16.5. The molecule has 2 aromatic carbocycles. The quantitative estimate of drug-likeness (QED) is 0.619. The Labute approximate surface area is 168 Å². The van der Waals surface area contributed by atoms with Crippen LogP contribution in [0.4, 0.5) is 0 Å². The molecule has 6 atom stereocenters. The fourth-order valence-corrected chi connectivity index (χ4v) is 6.53. The molecule has 0 N–H and O–H groups in total. The van der Waals surface area contributed by atoms with Crippen LogP contribution in [0.25, 0.3) is 0 Å². The average molecular weight is 375 g/mol. The Balaban J connectivity index is 1.42. The number of fused-ring (bicyclic) bond motifs is 2. The Hall–Kier alpha value is -2.09. The molecule has 3 aliphatic carbocycles. The molecule has 0 spiro atoms. The van der Waals surface area contributed by atoms with E-state index in [9.17, 15) is 4.79 Å². The number of ether oxygens (including phenoxy) is 1. The average Bonchev–Trinajstić information content (AvgIpc) is 3.27. The van der Waals surface area contributed by atoms with Crippen LogP contribution in [-0.4, -0.2) is 12.1 Å². The Bertz CT molecular complexity index is 822. The summed E-state index contributed by atoms with van der Waals surface area (Å²) in [6, 6.07) is 20.9. The molecule has 3 saturated carbocycles. The SMILES string of the molecule is CC1(C)[C@@H]2CC[C@@](C)(C2)[C@H]1OC(=O)C1[C@@H](c2ccccc2)[C@H]1c1ccccc1. The molecule has 1 unspecified atom stereocenters. The third-order valence-corrected chi connectivity index (χ3v) is 8.03. The van der Waals surface area contributed by atoms with E-state index >= 15 is 0 Å². The molecule has 0 saturated heterocycles. The van der Waals surface area contributed by atoms with Crippen molar-refractivity contribution < 1.29 is 9.53 Å². The second-order valence-corrected chi connectivity index (χ2v) is 10.1. The molecule has 0 heterocycles. The molecule has 0 aliphatic heterocycles. The first-order valence-electron chi connectivity index (χ1n) is 10.7. The van der Waals surface area contributed by atoms with Gasteiger partial charge in [-0.3, -0.25) is 4.79 Å². The van der Waals surface area contributed by atoms with Crippen molar-refractivity contribution >= 4 is 5.97 Å². The van der Waals surface area contributed by atoms with Crippen LogP contribution < -0.4 is 0 Å². The lowest BCUT2D eigenvalue weighted by Crippen LogP contribution is -2.44. The Kier molecular flexibility index (Phi) is 3.98. The smallest absolute Gasteiger partial charge is 0.310 e. The van der Waals surface area contributed by atoms with Crippen molar-refractivity contribution in [2.45, 2.75) is 58.0 Å². The minimum absolute atomic E-state index is 0.00885. The molecule has 146 valence electrons. The molecule has 2 aromatic rings. The molecule has 28 heavy (non-hydrogen) atoms. The summed E-state index contributed by atoms with van der Waals surface area (Å²) >= 11 is 0. The number of rotatable bonds is 4. The Morgan fingerprint density at radius 1 is 0.893 bits per heavy atom. The number of benzene rings is 2. The highest BCUT2D eigenvalue weighted by Crippen LogP contribution is 2.65. The van der Waals surface area contributed by atoms with Crippen LogP contribution in [0.2, 0.25) is 0 Å². The van der Waals surface area contributed by atoms with Gasteiger partial charge in [-0.25, -0.2) is 0 Å². The van der Waals surface area contributed by atoms with E-state index in [1.54, 1.807) is 0 Å². The van der Waals surface area contributed by atoms with Crippen molar-refractivity contribution in [3.63, 3.8) is 0 Å². The number of esters is 1. The van der Waals surface area contributed by atoms with Crippen LogP contribution in [0.3, 0.4) is 0 Å². The monoisotopic (exact) mass is 374 g/mol. The molecule has 2 nitrogen and oxygen atoms in total. The zero-order chi connectivity index (χ0) is 19.5. The van der Waals surface area contributed by atoms with Crippen LogP contribution in [-0.2, 0) is 9.53 Å². The maximum absolute atomic E-state index is 13.4. The van der Waals surface area contributed by atoms with Crippen LogP contribution in [0.1, 0.15) is 63.0 Å². The van der Waals surface area contributed by atoms with Gasteiger partial charge in [0, 0.05) is 22.7 Å². The summed E-state index contributed by atoms with van der Waals surface area (Å²) in [6.45, 7) is 6.93. The topological polar surface area (TPSA) is 26.3 Å². The number of carbonyl (C=O) groups is 1. The fourth-order valence-electron chi connectivity index (χ4n) is 6.53. The van der Waals surface area contributed by atoms with Crippen molar-refractivity contribution in [2.24, 2.45) is 22.7 Å². The lowest BCUT2D eigenvalue weighted by molar-refractivity contribution is -0.166. The lowest BCUT2D eigenvalue weighted by Gasteiger charge is -2.41. The Morgan fingerprint density at radius 3 is 1.89 bits per heavy atom. The molecule has 0 radical (unpaired) electrons. The molecule has 0 aromatic heterocycles. The summed E-state index contributed by atoms with van der Waals surface area (Å²) in [6.07, 6.45) is 3.71. The second kappa shape index (κ2) is 6.20. The van der Waals surface area contributed by atoms with Crippen LogP contribution in [0, 0.1) is 22.7 Å². The third-order valence-electron chi connectivity index (χ3n) is 8.03. The van der Waals surface area contributed by atoms with Gasteiger partial charge in [0.2, 0.25) is 0 Å². The van der Waals surface area contributed by atoms with Crippen molar-refractivity contribution in [2.75, 3.05) is 0 Å². The van der Waals surface area contributed by atoms with E-state index in [1.165, 1.54) is 30.4 Å². The van der Waals surface area contributed by atoms with E-state index in [1.807, 2.05) is 12.1 Å². The molecule has 5 rings (SSSR count). The maximum atomic E-state index is 13.4. The molecule has 3 aliphatic rings. The largest absolute Gasteiger partial charge is 0.461 e. The standard InChI is InChI=1S/C26H30O2/c1-25(2)19-14-15-26(3,16-19)24(25)28-23(27)22-20(17-10-6-4-7-11-17)21(22)18-12-8-5-9-13-18/h4-13,19-22,24H,14-16H2,1-3H3/t19-,20-,21+,22?,24+,26+/m1/s1. The van der Waals surface area contributed by atoms with Crippen LogP contribution in [0.15, 0.2) is 60.7 Å². The van der Waals surface area contributed by atoms with Gasteiger partial charge >= 0.3 is 5.97 Å². The normalized spacial score (nSPS) is 37.6. The molecular weight excluding hydrogens is 344 g/mol. The summed E-state index contributed by atoms with van der Waals surface area (Å²) in [5.74, 6) is 1.08. The van der Waals surface area contributed by atoms with Crippen LogP contribution >= 0.6 is 0 Å². The van der Waals surface area contributed by atoms with E-state index in [2.05, 4.69) is 69.3 Å². The zero-order valence-corrected chi connectivity index (χ0v) is 17.1. The van der Waals surface area contributed by atoms with Crippen LogP contribution in [0.5, 0.6) is 0 Å². The van der Waals surface area contributed by atoms with E-state index in [0.717, 1.165) is 0 Å². The van der Waals surface area contributed by atoms with Gasteiger partial charge in [0.05, 0.1) is 5.92 Å². The van der Waals surface area contributed by atoms with Gasteiger partial charge in [-0.05, 0) is 36.3 Å². The molecule has 0 amide bonds. The number of carbonyl (C=O) groups excluding carboxylic acids is 1. The van der Waals surface area contributed by atoms with Crippen molar-refractivity contribution in [3.8, 4) is 0 Å². The number of hydrogen-bond donors (Lipinski definition) is 0. The van der Waals surface area contributed by atoms with Crippen molar-refractivity contribution in [1.29, 1.82) is 0 Å². The lowest BCUT2D eigenvalue weighted by atomic mass is 9.70. The summed E-state index contributed by atoms with van der Waals surface area (Å²) < 4.78 is 6.35.